The fraction of sp³-hybridized carbons (Fsp3) is 0. The summed E-state index contributed by atoms with van der Waals surface area (Å²) in [5.41, 5.74) is 2.92. The van der Waals surface area contributed by atoms with E-state index in [1.807, 2.05) is 29.5 Å². The Morgan fingerprint density at radius 1 is 0.326 bits per heavy atom. The van der Waals surface area contributed by atoms with E-state index in [9.17, 15) is 0 Å². The Labute approximate surface area is 251 Å². The Balaban J connectivity index is 1.23. The van der Waals surface area contributed by atoms with Gasteiger partial charge in [0.05, 0.1) is 0 Å². The number of hydrogen-bond donors (Lipinski definition) is 0. The van der Waals surface area contributed by atoms with E-state index in [2.05, 4.69) is 121 Å². The zero-order chi connectivity index (χ0) is 28.3. The zero-order valence-electron chi connectivity index (χ0n) is 23.0. The predicted molar refractivity (Wildman–Crippen MR) is 182 cm³/mol. The van der Waals surface area contributed by atoms with Crippen LogP contribution in [0.1, 0.15) is 0 Å². The number of aromatic nitrogens is 3. The van der Waals surface area contributed by atoms with E-state index in [1.165, 1.54) is 47.1 Å². The molecule has 9 aromatic rings. The average Bonchev–Trinajstić information content (AvgIpc) is 3.46. The van der Waals surface area contributed by atoms with Gasteiger partial charge in [0.15, 0.2) is 17.5 Å². The van der Waals surface area contributed by atoms with Crippen molar-refractivity contribution >= 4 is 63.8 Å². The van der Waals surface area contributed by atoms with Gasteiger partial charge in [-0.15, -0.1) is 11.3 Å². The van der Waals surface area contributed by atoms with Crippen molar-refractivity contribution in [2.45, 2.75) is 0 Å². The van der Waals surface area contributed by atoms with Crippen molar-refractivity contribution in [2.75, 3.05) is 0 Å². The first-order chi connectivity index (χ1) is 21.3. The van der Waals surface area contributed by atoms with Crippen LogP contribution in [0.4, 0.5) is 0 Å². The van der Waals surface area contributed by atoms with Crippen LogP contribution in [-0.4, -0.2) is 15.0 Å². The molecule has 0 unspecified atom stereocenters. The predicted octanol–water partition coefficient (Wildman–Crippen LogP) is 10.7. The van der Waals surface area contributed by atoms with Crippen molar-refractivity contribution in [1.29, 1.82) is 0 Å². The van der Waals surface area contributed by atoms with Crippen molar-refractivity contribution in [3.8, 4) is 34.2 Å². The Kier molecular flexibility index (Phi) is 5.37. The van der Waals surface area contributed by atoms with Gasteiger partial charge < -0.3 is 0 Å². The molecule has 0 radical (unpaired) electrons. The Hall–Kier alpha value is -5.45. The first-order valence-electron chi connectivity index (χ1n) is 14.4. The number of thiophene rings is 1. The summed E-state index contributed by atoms with van der Waals surface area (Å²) in [5.74, 6) is 2.01. The number of rotatable bonds is 3. The van der Waals surface area contributed by atoms with Crippen LogP contribution in [0, 0.1) is 0 Å². The summed E-state index contributed by atoms with van der Waals surface area (Å²) < 4.78 is 2.55. The third-order valence-corrected chi connectivity index (χ3v) is 9.45. The van der Waals surface area contributed by atoms with Crippen LogP contribution >= 0.6 is 11.3 Å². The topological polar surface area (TPSA) is 38.7 Å². The molecule has 7 aromatic carbocycles. The lowest BCUT2D eigenvalue weighted by atomic mass is 9.96. The summed E-state index contributed by atoms with van der Waals surface area (Å²) in [5, 5.41) is 9.92. The highest BCUT2D eigenvalue weighted by molar-refractivity contribution is 7.25. The van der Waals surface area contributed by atoms with E-state index in [4.69, 9.17) is 15.0 Å². The minimum atomic E-state index is 0.666. The molecule has 0 amide bonds. The quantitative estimate of drug-likeness (QED) is 0.200. The van der Waals surface area contributed by atoms with Crippen LogP contribution in [0.2, 0.25) is 0 Å². The molecular weight excluding hydrogens is 543 g/mol. The second kappa shape index (κ2) is 9.55. The van der Waals surface area contributed by atoms with Crippen molar-refractivity contribution in [3.05, 3.63) is 140 Å². The van der Waals surface area contributed by atoms with Gasteiger partial charge in [-0.2, -0.15) is 0 Å². The van der Waals surface area contributed by atoms with Gasteiger partial charge in [-0.05, 0) is 62.6 Å². The first kappa shape index (κ1) is 24.2. The van der Waals surface area contributed by atoms with E-state index in [0.29, 0.717) is 17.5 Å². The SMILES string of the molecule is c1ccc(-c2nc(-c3ccc4c(ccc5c6ccccc6ccc45)c3)nc(-c3ccc4sc5ccccc5c4c3)n2)cc1. The van der Waals surface area contributed by atoms with E-state index in [0.717, 1.165) is 22.1 Å². The van der Waals surface area contributed by atoms with Gasteiger partial charge in [-0.25, -0.2) is 15.0 Å². The molecular formula is C39H23N3S. The highest BCUT2D eigenvalue weighted by Crippen LogP contribution is 2.37. The van der Waals surface area contributed by atoms with Gasteiger partial charge >= 0.3 is 0 Å². The molecule has 0 N–H and O–H groups in total. The summed E-state index contributed by atoms with van der Waals surface area (Å²) in [6, 6.07) is 49.3. The second-order valence-electron chi connectivity index (χ2n) is 10.9. The first-order valence-corrected chi connectivity index (χ1v) is 15.2. The molecule has 0 saturated carbocycles. The van der Waals surface area contributed by atoms with Gasteiger partial charge in [-0.3, -0.25) is 0 Å². The maximum Gasteiger partial charge on any atom is 0.164 e. The maximum absolute atomic E-state index is 5.06. The number of fused-ring (bicyclic) bond motifs is 8. The maximum atomic E-state index is 5.06. The third kappa shape index (κ3) is 3.99. The fourth-order valence-corrected chi connectivity index (χ4v) is 7.27. The Morgan fingerprint density at radius 3 is 1.70 bits per heavy atom. The Morgan fingerprint density at radius 2 is 0.884 bits per heavy atom. The third-order valence-electron chi connectivity index (χ3n) is 8.30. The van der Waals surface area contributed by atoms with Crippen molar-refractivity contribution in [2.24, 2.45) is 0 Å². The van der Waals surface area contributed by atoms with E-state index in [-0.39, 0.29) is 0 Å². The van der Waals surface area contributed by atoms with Crippen LogP contribution in [0.25, 0.3) is 86.7 Å². The van der Waals surface area contributed by atoms with E-state index in [1.54, 1.807) is 0 Å². The highest BCUT2D eigenvalue weighted by Gasteiger charge is 2.15. The normalized spacial score (nSPS) is 11.7. The summed E-state index contributed by atoms with van der Waals surface area (Å²) in [6.07, 6.45) is 0. The van der Waals surface area contributed by atoms with Gasteiger partial charge in [0.1, 0.15) is 0 Å². The summed E-state index contributed by atoms with van der Waals surface area (Å²) in [7, 11) is 0. The lowest BCUT2D eigenvalue weighted by Crippen LogP contribution is -2.00. The Bertz CT molecular complexity index is 2510. The molecule has 0 spiro atoms. The minimum absolute atomic E-state index is 0.666. The standard InChI is InChI=1S/C39H23N3S/c1-2-9-25(10-3-1)37-40-38(42-39(41-37)28-17-21-36-34(23-28)33-12-6-7-13-35(33)43-36)27-16-18-30-26(22-27)15-20-31-29-11-5-4-8-24(29)14-19-32(30)31/h1-23H. The van der Waals surface area contributed by atoms with Crippen molar-refractivity contribution in [3.63, 3.8) is 0 Å². The molecule has 200 valence electrons. The number of benzene rings is 7. The largest absolute Gasteiger partial charge is 0.208 e. The summed E-state index contributed by atoms with van der Waals surface area (Å²) in [4.78, 5) is 15.0. The second-order valence-corrected chi connectivity index (χ2v) is 11.9. The average molecular weight is 566 g/mol. The number of hydrogen-bond acceptors (Lipinski definition) is 4. The zero-order valence-corrected chi connectivity index (χ0v) is 23.8. The molecule has 0 fully saturated rings. The number of nitrogens with zero attached hydrogens (tertiary/aromatic N) is 3. The molecule has 0 bridgehead atoms. The van der Waals surface area contributed by atoms with Crippen LogP contribution in [-0.2, 0) is 0 Å². The molecule has 2 heterocycles. The molecule has 43 heavy (non-hydrogen) atoms. The monoisotopic (exact) mass is 565 g/mol. The summed E-state index contributed by atoms with van der Waals surface area (Å²) >= 11 is 1.81. The van der Waals surface area contributed by atoms with E-state index >= 15 is 0 Å². The summed E-state index contributed by atoms with van der Waals surface area (Å²) in [6.45, 7) is 0. The van der Waals surface area contributed by atoms with Crippen LogP contribution in [0.5, 0.6) is 0 Å². The molecule has 3 nitrogen and oxygen atoms in total. The lowest BCUT2D eigenvalue weighted by Gasteiger charge is -2.11. The van der Waals surface area contributed by atoms with Crippen molar-refractivity contribution < 1.29 is 0 Å². The molecule has 4 heteroatoms. The van der Waals surface area contributed by atoms with Crippen LogP contribution in [0.3, 0.4) is 0 Å². The highest BCUT2D eigenvalue weighted by atomic mass is 32.1. The molecule has 0 aliphatic carbocycles. The van der Waals surface area contributed by atoms with Crippen LogP contribution in [0.15, 0.2) is 140 Å². The molecule has 0 saturated heterocycles. The molecule has 0 aliphatic heterocycles. The van der Waals surface area contributed by atoms with Gasteiger partial charge in [0.2, 0.25) is 0 Å². The van der Waals surface area contributed by atoms with Gasteiger partial charge in [0.25, 0.3) is 0 Å². The van der Waals surface area contributed by atoms with E-state index < -0.39 is 0 Å². The minimum Gasteiger partial charge on any atom is -0.208 e. The lowest BCUT2D eigenvalue weighted by molar-refractivity contribution is 1.08. The molecule has 9 rings (SSSR count). The van der Waals surface area contributed by atoms with Gasteiger partial charge in [0, 0.05) is 36.9 Å². The molecule has 2 aromatic heterocycles. The van der Waals surface area contributed by atoms with Gasteiger partial charge in [-0.1, -0.05) is 109 Å². The molecule has 0 aliphatic rings. The smallest absolute Gasteiger partial charge is 0.164 e. The molecule has 0 atom stereocenters. The fourth-order valence-electron chi connectivity index (χ4n) is 6.18. The van der Waals surface area contributed by atoms with Crippen molar-refractivity contribution in [1.82, 2.24) is 15.0 Å². The van der Waals surface area contributed by atoms with Crippen LogP contribution < -0.4 is 0 Å².